The number of aryl methyl sites for hydroxylation is 1. The van der Waals surface area contributed by atoms with Crippen molar-refractivity contribution in [1.82, 2.24) is 0 Å². The van der Waals surface area contributed by atoms with Crippen molar-refractivity contribution < 1.29 is 0 Å². The lowest BCUT2D eigenvalue weighted by Crippen LogP contribution is -1.89. The molecule has 0 bridgehead atoms. The number of benzene rings is 2. The molecule has 14 heavy (non-hydrogen) atoms. The van der Waals surface area contributed by atoms with Crippen LogP contribution in [0.5, 0.6) is 0 Å². The predicted octanol–water partition coefficient (Wildman–Crippen LogP) is 3.54. The number of hydrogen-bond donors (Lipinski definition) is 1. The van der Waals surface area contributed by atoms with Gasteiger partial charge in [-0.1, -0.05) is 30.3 Å². The number of anilines is 2. The van der Waals surface area contributed by atoms with Gasteiger partial charge in [0, 0.05) is 17.4 Å². The van der Waals surface area contributed by atoms with Crippen LogP contribution < -0.4 is 5.32 Å². The fraction of sp³-hybridized carbons (Fsp3) is 0.0769. The standard InChI is InChI=1S/C13H12N/c1-11-6-5-9-13(10-11)14-12-7-3-2-4-8-12/h2-9,14H,1H3. The molecule has 0 aliphatic rings. The first-order valence-electron chi connectivity index (χ1n) is 4.65. The van der Waals surface area contributed by atoms with Gasteiger partial charge in [0.2, 0.25) is 0 Å². The minimum atomic E-state index is 1.01. The molecule has 0 aromatic heterocycles. The molecular formula is C13H12N. The van der Waals surface area contributed by atoms with Crippen LogP contribution in [0.15, 0.2) is 48.5 Å². The first kappa shape index (κ1) is 8.82. The maximum absolute atomic E-state index is 3.29. The molecule has 0 amide bonds. The van der Waals surface area contributed by atoms with Gasteiger partial charge in [-0.3, -0.25) is 0 Å². The van der Waals surface area contributed by atoms with E-state index in [0.717, 1.165) is 16.9 Å². The fourth-order valence-corrected chi connectivity index (χ4v) is 1.33. The number of nitrogens with one attached hydrogen (secondary N) is 1. The lowest BCUT2D eigenvalue weighted by Gasteiger charge is -2.05. The molecule has 0 fully saturated rings. The van der Waals surface area contributed by atoms with E-state index in [4.69, 9.17) is 0 Å². The third kappa shape index (κ3) is 2.13. The summed E-state index contributed by atoms with van der Waals surface area (Å²) in [4.78, 5) is 0. The summed E-state index contributed by atoms with van der Waals surface area (Å²) in [5.74, 6) is 0. The van der Waals surface area contributed by atoms with Crippen LogP contribution in [0, 0.1) is 13.0 Å². The van der Waals surface area contributed by atoms with E-state index in [1.165, 1.54) is 0 Å². The van der Waals surface area contributed by atoms with Crippen LogP contribution in [0.3, 0.4) is 0 Å². The minimum absolute atomic E-state index is 1.01. The van der Waals surface area contributed by atoms with Gasteiger partial charge in [0.1, 0.15) is 0 Å². The Balaban J connectivity index is 2.19. The lowest BCUT2D eigenvalue weighted by atomic mass is 10.2. The van der Waals surface area contributed by atoms with E-state index in [1.807, 2.05) is 55.5 Å². The van der Waals surface area contributed by atoms with Gasteiger partial charge in [0.15, 0.2) is 0 Å². The van der Waals surface area contributed by atoms with Gasteiger partial charge in [-0.05, 0) is 30.7 Å². The molecule has 0 atom stereocenters. The van der Waals surface area contributed by atoms with Gasteiger partial charge >= 0.3 is 0 Å². The molecule has 1 N–H and O–H groups in total. The molecule has 1 nitrogen and oxygen atoms in total. The Morgan fingerprint density at radius 1 is 0.929 bits per heavy atom. The van der Waals surface area contributed by atoms with Crippen LogP contribution in [0.4, 0.5) is 11.4 Å². The van der Waals surface area contributed by atoms with Crippen molar-refractivity contribution in [1.29, 1.82) is 0 Å². The Labute approximate surface area is 84.4 Å². The Bertz CT molecular complexity index is 407. The largest absolute Gasteiger partial charge is 0.355 e. The van der Waals surface area contributed by atoms with Crippen molar-refractivity contribution in [2.24, 2.45) is 0 Å². The highest BCUT2D eigenvalue weighted by molar-refractivity contribution is 5.59. The third-order valence-electron chi connectivity index (χ3n) is 1.99. The summed E-state index contributed by atoms with van der Waals surface area (Å²) in [6, 6.07) is 19.4. The van der Waals surface area contributed by atoms with Crippen molar-refractivity contribution in [3.05, 3.63) is 60.2 Å². The molecule has 0 aliphatic carbocycles. The fourth-order valence-electron chi connectivity index (χ4n) is 1.33. The first-order chi connectivity index (χ1) is 6.84. The lowest BCUT2D eigenvalue weighted by molar-refractivity contribution is 1.44. The Morgan fingerprint density at radius 2 is 1.71 bits per heavy atom. The normalized spacial score (nSPS) is 9.79. The van der Waals surface area contributed by atoms with Crippen LogP contribution in [0.25, 0.3) is 0 Å². The van der Waals surface area contributed by atoms with Gasteiger partial charge in [-0.15, -0.1) is 0 Å². The molecule has 0 unspecified atom stereocenters. The monoisotopic (exact) mass is 182 g/mol. The van der Waals surface area contributed by atoms with E-state index in [2.05, 4.69) is 11.4 Å². The zero-order chi connectivity index (χ0) is 9.80. The molecule has 2 aromatic carbocycles. The summed E-state index contributed by atoms with van der Waals surface area (Å²) < 4.78 is 0. The molecular weight excluding hydrogens is 170 g/mol. The van der Waals surface area contributed by atoms with E-state index in [0.29, 0.717) is 0 Å². The van der Waals surface area contributed by atoms with Gasteiger partial charge in [-0.2, -0.15) is 0 Å². The molecule has 0 spiro atoms. The van der Waals surface area contributed by atoms with Gasteiger partial charge in [0.05, 0.1) is 0 Å². The number of hydrogen-bond acceptors (Lipinski definition) is 1. The Morgan fingerprint density at radius 3 is 2.43 bits per heavy atom. The number of rotatable bonds is 2. The summed E-state index contributed by atoms with van der Waals surface area (Å²) >= 11 is 0. The molecule has 2 rings (SSSR count). The van der Waals surface area contributed by atoms with E-state index >= 15 is 0 Å². The van der Waals surface area contributed by atoms with Gasteiger partial charge in [0.25, 0.3) is 0 Å². The highest BCUT2D eigenvalue weighted by atomic mass is 14.9. The van der Waals surface area contributed by atoms with Crippen LogP contribution in [-0.4, -0.2) is 0 Å². The molecule has 0 saturated carbocycles. The van der Waals surface area contributed by atoms with E-state index < -0.39 is 0 Å². The molecule has 2 aromatic rings. The Kier molecular flexibility index (Phi) is 2.50. The van der Waals surface area contributed by atoms with Crippen molar-refractivity contribution in [2.45, 2.75) is 6.92 Å². The molecule has 0 saturated heterocycles. The Hall–Kier alpha value is -1.76. The first-order valence-corrected chi connectivity index (χ1v) is 4.65. The summed E-state index contributed by atoms with van der Waals surface area (Å²) in [6.07, 6.45) is 0. The average Bonchev–Trinajstić information content (AvgIpc) is 2.19. The van der Waals surface area contributed by atoms with Crippen LogP contribution in [0.1, 0.15) is 5.56 Å². The van der Waals surface area contributed by atoms with Crippen molar-refractivity contribution in [3.8, 4) is 0 Å². The summed E-state index contributed by atoms with van der Waals surface area (Å²) in [5, 5.41) is 3.29. The zero-order valence-corrected chi connectivity index (χ0v) is 8.12. The van der Waals surface area contributed by atoms with E-state index in [9.17, 15) is 0 Å². The smallest absolute Gasteiger partial charge is 0.0467 e. The third-order valence-corrected chi connectivity index (χ3v) is 1.99. The second-order valence-electron chi connectivity index (χ2n) is 3.24. The average molecular weight is 182 g/mol. The van der Waals surface area contributed by atoms with Crippen molar-refractivity contribution in [3.63, 3.8) is 0 Å². The second kappa shape index (κ2) is 3.97. The molecule has 1 heteroatoms. The molecule has 69 valence electrons. The zero-order valence-electron chi connectivity index (χ0n) is 8.12. The SMILES string of the molecule is Cc1[c]c(Nc2ccccc2)ccc1. The number of para-hydroxylation sites is 1. The maximum atomic E-state index is 3.29. The van der Waals surface area contributed by atoms with Crippen molar-refractivity contribution >= 4 is 11.4 Å². The van der Waals surface area contributed by atoms with Crippen molar-refractivity contribution in [2.75, 3.05) is 5.32 Å². The van der Waals surface area contributed by atoms with Gasteiger partial charge in [-0.25, -0.2) is 0 Å². The quantitative estimate of drug-likeness (QED) is 0.749. The highest BCUT2D eigenvalue weighted by Gasteiger charge is 1.93. The topological polar surface area (TPSA) is 12.0 Å². The predicted molar refractivity (Wildman–Crippen MR) is 59.7 cm³/mol. The van der Waals surface area contributed by atoms with E-state index in [-0.39, 0.29) is 0 Å². The summed E-state index contributed by atoms with van der Waals surface area (Å²) in [7, 11) is 0. The summed E-state index contributed by atoms with van der Waals surface area (Å²) in [6.45, 7) is 2.04. The molecule has 1 radical (unpaired) electrons. The minimum Gasteiger partial charge on any atom is -0.355 e. The molecule has 0 heterocycles. The summed E-state index contributed by atoms with van der Waals surface area (Å²) in [5.41, 5.74) is 3.25. The van der Waals surface area contributed by atoms with Crippen LogP contribution in [-0.2, 0) is 0 Å². The molecule has 0 aliphatic heterocycles. The highest BCUT2D eigenvalue weighted by Crippen LogP contribution is 2.15. The van der Waals surface area contributed by atoms with Crippen LogP contribution >= 0.6 is 0 Å². The second-order valence-corrected chi connectivity index (χ2v) is 3.24. The van der Waals surface area contributed by atoms with Crippen LogP contribution in [0.2, 0.25) is 0 Å². The van der Waals surface area contributed by atoms with E-state index in [1.54, 1.807) is 0 Å². The maximum Gasteiger partial charge on any atom is 0.0467 e. The van der Waals surface area contributed by atoms with Gasteiger partial charge < -0.3 is 5.32 Å².